The SMILES string of the molecule is O=C(O)c1cc2c(s1)CCN(Cc1ccccc1)C2=O. The summed E-state index contributed by atoms with van der Waals surface area (Å²) in [7, 11) is 0. The first-order valence-electron chi connectivity index (χ1n) is 6.34. The van der Waals surface area contributed by atoms with E-state index >= 15 is 0 Å². The molecule has 1 aliphatic rings. The summed E-state index contributed by atoms with van der Waals surface area (Å²) in [4.78, 5) is 26.3. The van der Waals surface area contributed by atoms with Gasteiger partial charge >= 0.3 is 5.97 Å². The average molecular weight is 287 g/mol. The van der Waals surface area contributed by atoms with E-state index in [1.807, 2.05) is 30.3 Å². The van der Waals surface area contributed by atoms with Gasteiger partial charge in [0.2, 0.25) is 0 Å². The number of benzene rings is 1. The van der Waals surface area contributed by atoms with Crippen LogP contribution in [0.25, 0.3) is 0 Å². The predicted molar refractivity (Wildman–Crippen MR) is 76.2 cm³/mol. The van der Waals surface area contributed by atoms with Crippen molar-refractivity contribution in [2.75, 3.05) is 6.54 Å². The zero-order valence-corrected chi connectivity index (χ0v) is 11.5. The number of carbonyl (C=O) groups excluding carboxylic acids is 1. The third-order valence-electron chi connectivity index (χ3n) is 3.36. The van der Waals surface area contributed by atoms with Crippen LogP contribution < -0.4 is 0 Å². The number of carboxylic acids is 1. The molecule has 1 amide bonds. The molecule has 5 heteroatoms. The summed E-state index contributed by atoms with van der Waals surface area (Å²) in [6.07, 6.45) is 0.728. The van der Waals surface area contributed by atoms with Gasteiger partial charge in [0.15, 0.2) is 0 Å². The third-order valence-corrected chi connectivity index (χ3v) is 4.55. The van der Waals surface area contributed by atoms with Gasteiger partial charge in [0.25, 0.3) is 5.91 Å². The lowest BCUT2D eigenvalue weighted by Gasteiger charge is -2.26. The summed E-state index contributed by atoms with van der Waals surface area (Å²) in [6.45, 7) is 1.21. The molecule has 20 heavy (non-hydrogen) atoms. The van der Waals surface area contributed by atoms with Crippen molar-refractivity contribution in [3.05, 3.63) is 57.3 Å². The standard InChI is InChI=1S/C15H13NO3S/c17-14-11-8-13(15(18)19)20-12(11)6-7-16(14)9-10-4-2-1-3-5-10/h1-5,8H,6-7,9H2,(H,18,19). The van der Waals surface area contributed by atoms with Crippen LogP contribution in [0.3, 0.4) is 0 Å². The lowest BCUT2D eigenvalue weighted by atomic mass is 10.1. The molecular formula is C15H13NO3S. The largest absolute Gasteiger partial charge is 0.477 e. The molecule has 0 saturated heterocycles. The van der Waals surface area contributed by atoms with Crippen LogP contribution in [0.15, 0.2) is 36.4 Å². The van der Waals surface area contributed by atoms with Crippen LogP contribution in [0, 0.1) is 0 Å². The van der Waals surface area contributed by atoms with Gasteiger partial charge in [0.05, 0.1) is 5.56 Å². The monoisotopic (exact) mass is 287 g/mol. The number of fused-ring (bicyclic) bond motifs is 1. The maximum absolute atomic E-state index is 12.4. The van der Waals surface area contributed by atoms with Crippen LogP contribution in [0.2, 0.25) is 0 Å². The summed E-state index contributed by atoms with van der Waals surface area (Å²) >= 11 is 1.21. The summed E-state index contributed by atoms with van der Waals surface area (Å²) < 4.78 is 0. The van der Waals surface area contributed by atoms with E-state index in [2.05, 4.69) is 0 Å². The second-order valence-electron chi connectivity index (χ2n) is 4.71. The normalized spacial score (nSPS) is 14.2. The van der Waals surface area contributed by atoms with Crippen molar-refractivity contribution in [3.63, 3.8) is 0 Å². The molecule has 4 nitrogen and oxygen atoms in total. The fourth-order valence-corrected chi connectivity index (χ4v) is 3.34. The number of hydrogen-bond acceptors (Lipinski definition) is 3. The zero-order valence-electron chi connectivity index (χ0n) is 10.7. The molecule has 1 aromatic heterocycles. The molecule has 0 spiro atoms. The smallest absolute Gasteiger partial charge is 0.345 e. The van der Waals surface area contributed by atoms with E-state index < -0.39 is 5.97 Å². The first kappa shape index (κ1) is 12.9. The van der Waals surface area contributed by atoms with Crippen molar-refractivity contribution in [3.8, 4) is 0 Å². The molecule has 0 atom stereocenters. The Morgan fingerprint density at radius 1 is 1.30 bits per heavy atom. The van der Waals surface area contributed by atoms with E-state index in [9.17, 15) is 9.59 Å². The highest BCUT2D eigenvalue weighted by Crippen LogP contribution is 2.28. The van der Waals surface area contributed by atoms with Crippen LogP contribution in [-0.2, 0) is 13.0 Å². The van der Waals surface area contributed by atoms with Gasteiger partial charge in [-0.3, -0.25) is 4.79 Å². The molecule has 0 radical (unpaired) electrons. The molecule has 1 aliphatic heterocycles. The summed E-state index contributed by atoms with van der Waals surface area (Å²) in [6, 6.07) is 11.3. The molecule has 1 aromatic carbocycles. The minimum Gasteiger partial charge on any atom is -0.477 e. The molecule has 0 saturated carbocycles. The number of aromatic carboxylic acids is 1. The molecule has 102 valence electrons. The number of carboxylic acid groups (broad SMARTS) is 1. The maximum atomic E-state index is 12.4. The second kappa shape index (κ2) is 5.09. The Hall–Kier alpha value is -2.14. The van der Waals surface area contributed by atoms with E-state index in [0.717, 1.165) is 16.9 Å². The van der Waals surface area contributed by atoms with Crippen molar-refractivity contribution in [2.24, 2.45) is 0 Å². The maximum Gasteiger partial charge on any atom is 0.345 e. The number of nitrogens with zero attached hydrogens (tertiary/aromatic N) is 1. The van der Waals surface area contributed by atoms with E-state index in [0.29, 0.717) is 18.7 Å². The lowest BCUT2D eigenvalue weighted by molar-refractivity contribution is 0.0702. The van der Waals surface area contributed by atoms with Crippen LogP contribution >= 0.6 is 11.3 Å². The van der Waals surface area contributed by atoms with Crippen molar-refractivity contribution >= 4 is 23.2 Å². The van der Waals surface area contributed by atoms with E-state index in [4.69, 9.17) is 5.11 Å². The minimum atomic E-state index is -0.966. The van der Waals surface area contributed by atoms with Gasteiger partial charge in [-0.1, -0.05) is 30.3 Å². The van der Waals surface area contributed by atoms with E-state index in [-0.39, 0.29) is 10.8 Å². The fraction of sp³-hybridized carbons (Fsp3) is 0.200. The number of hydrogen-bond donors (Lipinski definition) is 1. The Bertz CT molecular complexity index is 663. The summed E-state index contributed by atoms with van der Waals surface area (Å²) in [5.41, 5.74) is 1.63. The number of carbonyl (C=O) groups is 2. The van der Waals surface area contributed by atoms with Gasteiger partial charge in [-0.15, -0.1) is 11.3 Å². The van der Waals surface area contributed by atoms with Crippen molar-refractivity contribution < 1.29 is 14.7 Å². The fourth-order valence-electron chi connectivity index (χ4n) is 2.36. The van der Waals surface area contributed by atoms with Crippen molar-refractivity contribution in [1.29, 1.82) is 0 Å². The van der Waals surface area contributed by atoms with Crippen LogP contribution in [0.5, 0.6) is 0 Å². The Balaban J connectivity index is 1.84. The van der Waals surface area contributed by atoms with Crippen LogP contribution in [-0.4, -0.2) is 28.4 Å². The van der Waals surface area contributed by atoms with Gasteiger partial charge < -0.3 is 10.0 Å². The highest BCUT2D eigenvalue weighted by Gasteiger charge is 2.27. The highest BCUT2D eigenvalue weighted by molar-refractivity contribution is 7.14. The highest BCUT2D eigenvalue weighted by atomic mass is 32.1. The van der Waals surface area contributed by atoms with Gasteiger partial charge in [-0.05, 0) is 11.6 Å². The molecule has 2 aromatic rings. The number of amides is 1. The minimum absolute atomic E-state index is 0.0705. The van der Waals surface area contributed by atoms with Crippen LogP contribution in [0.1, 0.15) is 30.5 Å². The second-order valence-corrected chi connectivity index (χ2v) is 5.85. The molecule has 1 N–H and O–H groups in total. The van der Waals surface area contributed by atoms with E-state index in [1.54, 1.807) is 4.90 Å². The Kier molecular flexibility index (Phi) is 3.28. The number of rotatable bonds is 3. The van der Waals surface area contributed by atoms with Crippen LogP contribution in [0.4, 0.5) is 0 Å². The topological polar surface area (TPSA) is 57.6 Å². The molecule has 3 rings (SSSR count). The first-order valence-corrected chi connectivity index (χ1v) is 7.16. The van der Waals surface area contributed by atoms with Gasteiger partial charge in [-0.2, -0.15) is 0 Å². The molecule has 0 bridgehead atoms. The zero-order chi connectivity index (χ0) is 14.1. The third kappa shape index (κ3) is 2.32. The van der Waals surface area contributed by atoms with Crippen molar-refractivity contribution in [2.45, 2.75) is 13.0 Å². The molecule has 2 heterocycles. The first-order chi connectivity index (χ1) is 9.65. The summed E-state index contributed by atoms with van der Waals surface area (Å²) in [5.74, 6) is -1.04. The molecule has 0 unspecified atom stereocenters. The lowest BCUT2D eigenvalue weighted by Crippen LogP contribution is -2.36. The van der Waals surface area contributed by atoms with Crippen molar-refractivity contribution in [1.82, 2.24) is 4.90 Å². The Morgan fingerprint density at radius 3 is 2.75 bits per heavy atom. The molecule has 0 fully saturated rings. The van der Waals surface area contributed by atoms with Gasteiger partial charge in [0, 0.05) is 24.4 Å². The molecular weight excluding hydrogens is 274 g/mol. The quantitative estimate of drug-likeness (QED) is 0.944. The summed E-state index contributed by atoms with van der Waals surface area (Å²) in [5, 5.41) is 9.01. The Labute approximate surface area is 120 Å². The van der Waals surface area contributed by atoms with E-state index in [1.165, 1.54) is 17.4 Å². The predicted octanol–water partition coefficient (Wildman–Crippen LogP) is 2.64. The number of thiophene rings is 1. The molecule has 0 aliphatic carbocycles. The average Bonchev–Trinajstić information content (AvgIpc) is 2.88. The Morgan fingerprint density at radius 2 is 2.05 bits per heavy atom. The van der Waals surface area contributed by atoms with Gasteiger partial charge in [-0.25, -0.2) is 4.79 Å². The van der Waals surface area contributed by atoms with Gasteiger partial charge in [0.1, 0.15) is 4.88 Å².